The van der Waals surface area contributed by atoms with Crippen LogP contribution in [0.3, 0.4) is 0 Å². The Labute approximate surface area is 76.5 Å². The van der Waals surface area contributed by atoms with Crippen LogP contribution in [-0.4, -0.2) is 49.1 Å². The molecular formula is C10H22N2. The summed E-state index contributed by atoms with van der Waals surface area (Å²) in [5.41, 5.74) is 0. The molecule has 0 bridgehead atoms. The molecule has 0 saturated carbocycles. The Bertz CT molecular complexity index is 133. The van der Waals surface area contributed by atoms with Crippen LogP contribution in [0.15, 0.2) is 0 Å². The van der Waals surface area contributed by atoms with Crippen LogP contribution in [0.4, 0.5) is 0 Å². The molecule has 0 amide bonds. The molecule has 1 fully saturated rings. The first kappa shape index (κ1) is 10.0. The lowest BCUT2D eigenvalue weighted by atomic mass is 9.93. The Balaban J connectivity index is 2.53. The van der Waals surface area contributed by atoms with Crippen LogP contribution in [0.1, 0.15) is 26.7 Å². The van der Waals surface area contributed by atoms with E-state index in [2.05, 4.69) is 44.8 Å². The Hall–Kier alpha value is -0.0800. The number of likely N-dealkylation sites (tertiary alicyclic amines) is 1. The quantitative estimate of drug-likeness (QED) is 0.587. The van der Waals surface area contributed by atoms with Crippen LogP contribution in [0, 0.1) is 0 Å². The summed E-state index contributed by atoms with van der Waals surface area (Å²) in [7, 11) is 6.62. The highest BCUT2D eigenvalue weighted by Crippen LogP contribution is 2.23. The number of piperidine rings is 1. The van der Waals surface area contributed by atoms with Crippen LogP contribution in [0.25, 0.3) is 0 Å². The molecule has 72 valence electrons. The zero-order valence-electron chi connectivity index (χ0n) is 9.04. The number of rotatable bonds is 1. The lowest BCUT2D eigenvalue weighted by molar-refractivity contribution is 0.0750. The minimum atomic E-state index is 0.737. The van der Waals surface area contributed by atoms with Gasteiger partial charge in [-0.3, -0.25) is 0 Å². The maximum atomic E-state index is 2.49. The Morgan fingerprint density at radius 1 is 1.08 bits per heavy atom. The molecule has 12 heavy (non-hydrogen) atoms. The smallest absolute Gasteiger partial charge is 0.0119 e. The van der Waals surface area contributed by atoms with Crippen molar-refractivity contribution >= 4 is 0 Å². The van der Waals surface area contributed by atoms with Crippen molar-refractivity contribution < 1.29 is 0 Å². The molecule has 2 heteroatoms. The molecule has 0 spiro atoms. The Morgan fingerprint density at radius 3 is 1.83 bits per heavy atom. The van der Waals surface area contributed by atoms with Crippen LogP contribution in [-0.2, 0) is 0 Å². The van der Waals surface area contributed by atoms with Crippen LogP contribution >= 0.6 is 0 Å². The third-order valence-corrected chi connectivity index (χ3v) is 3.35. The van der Waals surface area contributed by atoms with Gasteiger partial charge in [0.1, 0.15) is 0 Å². The molecule has 1 aliphatic rings. The van der Waals surface area contributed by atoms with Crippen molar-refractivity contribution in [2.75, 3.05) is 21.1 Å². The lowest BCUT2D eigenvalue weighted by Gasteiger charge is -2.42. The van der Waals surface area contributed by atoms with Crippen LogP contribution in [0.2, 0.25) is 0 Å². The second kappa shape index (κ2) is 3.75. The van der Waals surface area contributed by atoms with Gasteiger partial charge in [0.05, 0.1) is 0 Å². The van der Waals surface area contributed by atoms with Crippen LogP contribution < -0.4 is 0 Å². The molecule has 1 aliphatic heterocycles. The summed E-state index contributed by atoms with van der Waals surface area (Å²) in [6.07, 6.45) is 2.63. The molecule has 0 N–H and O–H groups in total. The normalized spacial score (nSPS) is 39.0. The van der Waals surface area contributed by atoms with E-state index in [1.54, 1.807) is 0 Å². The summed E-state index contributed by atoms with van der Waals surface area (Å²) < 4.78 is 0. The monoisotopic (exact) mass is 170 g/mol. The minimum Gasteiger partial charge on any atom is -0.306 e. The van der Waals surface area contributed by atoms with Crippen molar-refractivity contribution in [2.45, 2.75) is 44.8 Å². The fraction of sp³-hybridized carbons (Fsp3) is 1.00. The van der Waals surface area contributed by atoms with Gasteiger partial charge in [0, 0.05) is 18.1 Å². The predicted octanol–water partition coefficient (Wildman–Crippen LogP) is 1.42. The van der Waals surface area contributed by atoms with E-state index in [4.69, 9.17) is 0 Å². The van der Waals surface area contributed by atoms with Gasteiger partial charge in [0.2, 0.25) is 0 Å². The van der Waals surface area contributed by atoms with Gasteiger partial charge in [0.25, 0.3) is 0 Å². The van der Waals surface area contributed by atoms with Gasteiger partial charge >= 0.3 is 0 Å². The van der Waals surface area contributed by atoms with Crippen LogP contribution in [0.5, 0.6) is 0 Å². The zero-order valence-corrected chi connectivity index (χ0v) is 9.04. The van der Waals surface area contributed by atoms with Crippen molar-refractivity contribution in [3.63, 3.8) is 0 Å². The van der Waals surface area contributed by atoms with E-state index in [1.807, 2.05) is 0 Å². The van der Waals surface area contributed by atoms with Crippen molar-refractivity contribution in [2.24, 2.45) is 0 Å². The Kier molecular flexibility index (Phi) is 3.13. The topological polar surface area (TPSA) is 6.48 Å². The molecule has 1 rings (SSSR count). The summed E-state index contributed by atoms with van der Waals surface area (Å²) in [6.45, 7) is 4.65. The molecule has 2 unspecified atom stereocenters. The lowest BCUT2D eigenvalue weighted by Crippen LogP contribution is -2.49. The summed E-state index contributed by atoms with van der Waals surface area (Å²) in [6, 6.07) is 2.26. The standard InChI is InChI=1S/C10H22N2/c1-8-6-10(11(3)4)7-9(2)12(8)5/h8-10H,6-7H2,1-5H3/t8-,9?,10?/m0/s1. The Morgan fingerprint density at radius 2 is 1.50 bits per heavy atom. The van der Waals surface area contributed by atoms with Gasteiger partial charge in [-0.05, 0) is 47.8 Å². The van der Waals surface area contributed by atoms with Crippen molar-refractivity contribution in [3.8, 4) is 0 Å². The van der Waals surface area contributed by atoms with Gasteiger partial charge in [-0.2, -0.15) is 0 Å². The van der Waals surface area contributed by atoms with Gasteiger partial charge in [-0.15, -0.1) is 0 Å². The molecule has 0 radical (unpaired) electrons. The first-order valence-corrected chi connectivity index (χ1v) is 4.90. The van der Waals surface area contributed by atoms with E-state index >= 15 is 0 Å². The molecular weight excluding hydrogens is 148 g/mol. The minimum absolute atomic E-state index is 0.737. The largest absolute Gasteiger partial charge is 0.306 e. The molecule has 3 atom stereocenters. The van der Waals surface area contributed by atoms with E-state index in [9.17, 15) is 0 Å². The predicted molar refractivity (Wildman–Crippen MR) is 53.4 cm³/mol. The third-order valence-electron chi connectivity index (χ3n) is 3.35. The summed E-state index contributed by atoms with van der Waals surface area (Å²) in [5.74, 6) is 0. The fourth-order valence-electron chi connectivity index (χ4n) is 2.07. The molecule has 0 aromatic rings. The summed E-state index contributed by atoms with van der Waals surface area (Å²) >= 11 is 0. The van der Waals surface area contributed by atoms with E-state index in [-0.39, 0.29) is 0 Å². The summed E-state index contributed by atoms with van der Waals surface area (Å²) in [4.78, 5) is 4.85. The first-order chi connectivity index (χ1) is 5.52. The number of hydrogen-bond acceptors (Lipinski definition) is 2. The van der Waals surface area contributed by atoms with Crippen molar-refractivity contribution in [3.05, 3.63) is 0 Å². The van der Waals surface area contributed by atoms with Gasteiger partial charge in [0.15, 0.2) is 0 Å². The van der Waals surface area contributed by atoms with E-state index in [0.717, 1.165) is 18.1 Å². The molecule has 0 aromatic heterocycles. The van der Waals surface area contributed by atoms with E-state index in [1.165, 1.54) is 12.8 Å². The highest BCUT2D eigenvalue weighted by atomic mass is 15.2. The van der Waals surface area contributed by atoms with Gasteiger partial charge in [-0.25, -0.2) is 0 Å². The maximum absolute atomic E-state index is 2.49. The molecule has 1 saturated heterocycles. The average molecular weight is 170 g/mol. The number of nitrogens with zero attached hydrogens (tertiary/aromatic N) is 2. The summed E-state index contributed by atoms with van der Waals surface area (Å²) in [5, 5.41) is 0. The average Bonchev–Trinajstić information content (AvgIpc) is 1.99. The highest BCUT2D eigenvalue weighted by Gasteiger charge is 2.28. The van der Waals surface area contributed by atoms with E-state index < -0.39 is 0 Å². The first-order valence-electron chi connectivity index (χ1n) is 4.90. The SMILES string of the molecule is CC1CC(N(C)C)C[C@H](C)N1C. The van der Waals surface area contributed by atoms with Gasteiger partial charge < -0.3 is 9.80 Å². The fourth-order valence-corrected chi connectivity index (χ4v) is 2.07. The number of hydrogen-bond donors (Lipinski definition) is 0. The van der Waals surface area contributed by atoms with Gasteiger partial charge in [-0.1, -0.05) is 0 Å². The van der Waals surface area contributed by atoms with Crippen molar-refractivity contribution in [1.82, 2.24) is 9.80 Å². The highest BCUT2D eigenvalue weighted by molar-refractivity contribution is 4.85. The third kappa shape index (κ3) is 1.99. The zero-order chi connectivity index (χ0) is 9.30. The molecule has 0 aliphatic carbocycles. The second-order valence-corrected chi connectivity index (χ2v) is 4.45. The van der Waals surface area contributed by atoms with Crippen molar-refractivity contribution in [1.29, 1.82) is 0 Å². The van der Waals surface area contributed by atoms with E-state index in [0.29, 0.717) is 0 Å². The molecule has 2 nitrogen and oxygen atoms in total. The maximum Gasteiger partial charge on any atom is 0.0119 e. The second-order valence-electron chi connectivity index (χ2n) is 4.45. The molecule has 1 heterocycles. The molecule has 0 aromatic carbocycles.